The van der Waals surface area contributed by atoms with Gasteiger partial charge in [-0.25, -0.2) is 14.6 Å². The first-order valence-corrected chi connectivity index (χ1v) is 7.03. The predicted octanol–water partition coefficient (Wildman–Crippen LogP) is 1.74. The van der Waals surface area contributed by atoms with Gasteiger partial charge in [-0.3, -0.25) is 4.90 Å². The Hall–Kier alpha value is -1.27. The van der Waals surface area contributed by atoms with Crippen LogP contribution in [0.3, 0.4) is 0 Å². The predicted molar refractivity (Wildman–Crippen MR) is 72.6 cm³/mol. The minimum atomic E-state index is 0.839. The fourth-order valence-electron chi connectivity index (χ4n) is 1.85. The number of aromatic nitrogens is 4. The van der Waals surface area contributed by atoms with Crippen LogP contribution in [0.2, 0.25) is 0 Å². The van der Waals surface area contributed by atoms with Crippen LogP contribution in [0.25, 0.3) is 0 Å². The number of hydrogen-bond donors (Lipinski definition) is 0. The maximum atomic E-state index is 4.29. The van der Waals surface area contributed by atoms with Crippen LogP contribution in [-0.2, 0) is 19.5 Å². The number of likely N-dealkylation sites (N-methyl/N-ethyl adjacent to an activating group) is 1. The summed E-state index contributed by atoms with van der Waals surface area (Å²) in [6.45, 7) is 6.88. The first-order valence-electron chi connectivity index (χ1n) is 6.15. The molecule has 5 nitrogen and oxygen atoms in total. The molecule has 18 heavy (non-hydrogen) atoms. The summed E-state index contributed by atoms with van der Waals surface area (Å²) in [5.41, 5.74) is 3.07. The van der Waals surface area contributed by atoms with Gasteiger partial charge in [-0.2, -0.15) is 5.10 Å². The molecule has 0 N–H and O–H groups in total. The molecule has 0 unspecified atom stereocenters. The Balaban J connectivity index is 1.86. The molecule has 0 aliphatic rings. The fourth-order valence-corrected chi connectivity index (χ4v) is 2.62. The molecular weight excluding hydrogens is 246 g/mol. The second-order valence-corrected chi connectivity index (χ2v) is 5.28. The molecule has 0 fully saturated rings. The van der Waals surface area contributed by atoms with Crippen molar-refractivity contribution < 1.29 is 0 Å². The molecule has 0 spiro atoms. The highest BCUT2D eigenvalue weighted by Gasteiger charge is 2.08. The van der Waals surface area contributed by atoms with Crippen LogP contribution in [0.15, 0.2) is 11.8 Å². The Morgan fingerprint density at radius 2 is 2.22 bits per heavy atom. The third-order valence-electron chi connectivity index (χ3n) is 2.97. The van der Waals surface area contributed by atoms with Crippen molar-refractivity contribution in [1.29, 1.82) is 0 Å². The van der Waals surface area contributed by atoms with Crippen LogP contribution in [0.5, 0.6) is 0 Å². The molecule has 2 aromatic heterocycles. The Labute approximate surface area is 111 Å². The maximum Gasteiger partial charge on any atom is 0.140 e. The normalized spacial score (nSPS) is 11.3. The highest BCUT2D eigenvalue weighted by Crippen LogP contribution is 2.13. The third-order valence-corrected chi connectivity index (χ3v) is 3.97. The van der Waals surface area contributed by atoms with Gasteiger partial charge in [0.2, 0.25) is 0 Å². The lowest BCUT2D eigenvalue weighted by Crippen LogP contribution is -2.23. The van der Waals surface area contributed by atoms with E-state index in [9.17, 15) is 0 Å². The van der Waals surface area contributed by atoms with Crippen molar-refractivity contribution in [2.75, 3.05) is 13.6 Å². The zero-order chi connectivity index (χ0) is 13.0. The van der Waals surface area contributed by atoms with Crippen LogP contribution in [0.1, 0.15) is 23.3 Å². The second-order valence-electron chi connectivity index (χ2n) is 4.34. The summed E-state index contributed by atoms with van der Waals surface area (Å²) < 4.78 is 1.94. The second kappa shape index (κ2) is 6.06. The van der Waals surface area contributed by atoms with Crippen LogP contribution < -0.4 is 0 Å². The summed E-state index contributed by atoms with van der Waals surface area (Å²) in [6.07, 6.45) is 2.67. The first kappa shape index (κ1) is 13.2. The summed E-state index contributed by atoms with van der Waals surface area (Å²) in [5.74, 6) is 1.03. The molecule has 0 amide bonds. The molecule has 6 heteroatoms. The van der Waals surface area contributed by atoms with Crippen molar-refractivity contribution in [2.45, 2.75) is 33.4 Å². The highest BCUT2D eigenvalue weighted by molar-refractivity contribution is 7.09. The van der Waals surface area contributed by atoms with E-state index in [1.807, 2.05) is 10.2 Å². The average Bonchev–Trinajstić information content (AvgIpc) is 2.95. The van der Waals surface area contributed by atoms with Crippen molar-refractivity contribution in [3.05, 3.63) is 28.2 Å². The molecule has 2 rings (SSSR count). The molecule has 0 aliphatic carbocycles. The molecule has 0 saturated heterocycles. The van der Waals surface area contributed by atoms with E-state index in [1.54, 1.807) is 17.7 Å². The van der Waals surface area contributed by atoms with Crippen LogP contribution in [-0.4, -0.2) is 38.2 Å². The molecular formula is C12H19N5S. The van der Waals surface area contributed by atoms with E-state index in [0.717, 1.165) is 37.6 Å². The monoisotopic (exact) mass is 265 g/mol. The maximum absolute atomic E-state index is 4.29. The Bertz CT molecular complexity index is 490. The molecule has 0 bridgehead atoms. The lowest BCUT2D eigenvalue weighted by molar-refractivity contribution is 0.315. The van der Waals surface area contributed by atoms with Crippen molar-refractivity contribution in [1.82, 2.24) is 24.6 Å². The first-order chi connectivity index (χ1) is 8.70. The topological polar surface area (TPSA) is 46.8 Å². The van der Waals surface area contributed by atoms with Gasteiger partial charge in [0.25, 0.3) is 0 Å². The van der Waals surface area contributed by atoms with Crippen LogP contribution in [0.4, 0.5) is 0 Å². The van der Waals surface area contributed by atoms with Gasteiger partial charge in [0.1, 0.15) is 12.2 Å². The standard InChI is InChI=1S/C12H19N5S/c1-4-17-12(13-8-15-17)7-16(3)6-5-11-10(2)14-9-18-11/h8-9H,4-7H2,1-3H3. The van der Waals surface area contributed by atoms with Gasteiger partial charge in [-0.15, -0.1) is 11.3 Å². The lowest BCUT2D eigenvalue weighted by atomic mass is 10.3. The highest BCUT2D eigenvalue weighted by atomic mass is 32.1. The largest absolute Gasteiger partial charge is 0.299 e. The van der Waals surface area contributed by atoms with Gasteiger partial charge >= 0.3 is 0 Å². The summed E-state index contributed by atoms with van der Waals surface area (Å²) in [5, 5.41) is 4.18. The van der Waals surface area contributed by atoms with Crippen molar-refractivity contribution in [3.63, 3.8) is 0 Å². The summed E-state index contributed by atoms with van der Waals surface area (Å²) in [7, 11) is 2.12. The van der Waals surface area contributed by atoms with Gasteiger partial charge in [0, 0.05) is 18.0 Å². The van der Waals surface area contributed by atoms with Crippen molar-refractivity contribution in [3.8, 4) is 0 Å². The van der Waals surface area contributed by atoms with Gasteiger partial charge in [-0.05, 0) is 27.3 Å². The number of hydrogen-bond acceptors (Lipinski definition) is 5. The van der Waals surface area contributed by atoms with E-state index in [4.69, 9.17) is 0 Å². The molecule has 0 aliphatic heterocycles. The molecule has 0 saturated carbocycles. The smallest absolute Gasteiger partial charge is 0.140 e. The number of thiazole rings is 1. The van der Waals surface area contributed by atoms with E-state index in [0.29, 0.717) is 0 Å². The molecule has 98 valence electrons. The fraction of sp³-hybridized carbons (Fsp3) is 0.583. The average molecular weight is 265 g/mol. The van der Waals surface area contributed by atoms with Crippen LogP contribution >= 0.6 is 11.3 Å². The summed E-state index contributed by atoms with van der Waals surface area (Å²) in [6, 6.07) is 0. The summed E-state index contributed by atoms with van der Waals surface area (Å²) >= 11 is 1.74. The Kier molecular flexibility index (Phi) is 4.43. The van der Waals surface area contributed by atoms with Crippen molar-refractivity contribution >= 4 is 11.3 Å². The van der Waals surface area contributed by atoms with Gasteiger partial charge < -0.3 is 0 Å². The van der Waals surface area contributed by atoms with E-state index < -0.39 is 0 Å². The van der Waals surface area contributed by atoms with Gasteiger partial charge in [-0.1, -0.05) is 0 Å². The minimum Gasteiger partial charge on any atom is -0.299 e. The zero-order valence-electron chi connectivity index (χ0n) is 11.1. The third kappa shape index (κ3) is 3.14. The lowest BCUT2D eigenvalue weighted by Gasteiger charge is -2.15. The minimum absolute atomic E-state index is 0.839. The van der Waals surface area contributed by atoms with Crippen LogP contribution in [0, 0.1) is 6.92 Å². The zero-order valence-corrected chi connectivity index (χ0v) is 11.9. The molecule has 0 atom stereocenters. The van der Waals surface area contributed by atoms with Crippen molar-refractivity contribution in [2.24, 2.45) is 0 Å². The molecule has 2 heterocycles. The number of nitrogens with zero attached hydrogens (tertiary/aromatic N) is 5. The Morgan fingerprint density at radius 1 is 1.39 bits per heavy atom. The Morgan fingerprint density at radius 3 is 2.89 bits per heavy atom. The quantitative estimate of drug-likeness (QED) is 0.798. The number of rotatable bonds is 6. The summed E-state index contributed by atoms with van der Waals surface area (Å²) in [4.78, 5) is 12.2. The van der Waals surface area contributed by atoms with E-state index in [1.165, 1.54) is 4.88 Å². The molecule has 2 aromatic rings. The van der Waals surface area contributed by atoms with E-state index in [2.05, 4.69) is 40.9 Å². The molecule has 0 aromatic carbocycles. The van der Waals surface area contributed by atoms with E-state index in [-0.39, 0.29) is 0 Å². The SMILES string of the molecule is CCn1ncnc1CN(C)CCc1scnc1C. The van der Waals surface area contributed by atoms with Gasteiger partial charge in [0.05, 0.1) is 17.7 Å². The van der Waals surface area contributed by atoms with E-state index >= 15 is 0 Å². The number of aryl methyl sites for hydroxylation is 2. The van der Waals surface area contributed by atoms with Gasteiger partial charge in [0.15, 0.2) is 0 Å². The molecule has 0 radical (unpaired) electrons.